The summed E-state index contributed by atoms with van der Waals surface area (Å²) in [5.41, 5.74) is 0.684. The summed E-state index contributed by atoms with van der Waals surface area (Å²) in [5.74, 6) is 0. The number of benzene rings is 1. The summed E-state index contributed by atoms with van der Waals surface area (Å²) >= 11 is 6.04. The van der Waals surface area contributed by atoms with Crippen LogP contribution in [0.1, 0.15) is 13.8 Å². The highest BCUT2D eigenvalue weighted by atomic mass is 35.5. The Morgan fingerprint density at radius 1 is 1.36 bits per heavy atom. The first-order valence-electron chi connectivity index (χ1n) is 4.62. The quantitative estimate of drug-likeness (QED) is 0.659. The van der Waals surface area contributed by atoms with Gasteiger partial charge in [-0.15, -0.1) is 0 Å². The minimum atomic E-state index is -0.321. The number of hydrogen-bond donors (Lipinski definition) is 0. The van der Waals surface area contributed by atoms with Gasteiger partial charge in [0.05, 0.1) is 12.2 Å². The van der Waals surface area contributed by atoms with Gasteiger partial charge in [0, 0.05) is 10.5 Å². The molecule has 0 aliphatic carbocycles. The smallest absolute Gasteiger partial charge is 0.404 e. The van der Waals surface area contributed by atoms with E-state index >= 15 is 0 Å². The Balaban J connectivity index is 2.22. The Labute approximate surface area is 89.3 Å². The SMILES string of the molecule is CC1(C)COB(c2ccccc2Cl)O1. The first kappa shape index (κ1) is 10.0. The second-order valence-electron chi connectivity index (χ2n) is 4.04. The fourth-order valence-corrected chi connectivity index (χ4v) is 1.68. The molecular weight excluding hydrogens is 198 g/mol. The predicted octanol–water partition coefficient (Wildman–Crippen LogP) is 1.86. The van der Waals surface area contributed by atoms with Crippen LogP contribution in [-0.4, -0.2) is 19.3 Å². The molecule has 2 rings (SSSR count). The first-order chi connectivity index (χ1) is 6.58. The molecule has 2 nitrogen and oxygen atoms in total. The van der Waals surface area contributed by atoms with Crippen LogP contribution >= 0.6 is 11.6 Å². The average Bonchev–Trinajstić information content (AvgIpc) is 2.47. The molecular formula is C10H12BClO2. The fourth-order valence-electron chi connectivity index (χ4n) is 1.45. The number of hydrogen-bond acceptors (Lipinski definition) is 2. The molecule has 1 aliphatic heterocycles. The molecule has 0 atom stereocenters. The van der Waals surface area contributed by atoms with Crippen molar-refractivity contribution in [3.05, 3.63) is 29.3 Å². The van der Waals surface area contributed by atoms with Crippen molar-refractivity contribution in [2.45, 2.75) is 19.4 Å². The zero-order valence-electron chi connectivity index (χ0n) is 8.29. The normalized spacial score (nSPS) is 20.1. The van der Waals surface area contributed by atoms with Crippen LogP contribution in [0.2, 0.25) is 5.02 Å². The predicted molar refractivity (Wildman–Crippen MR) is 58.0 cm³/mol. The van der Waals surface area contributed by atoms with E-state index in [0.717, 1.165) is 5.46 Å². The summed E-state index contributed by atoms with van der Waals surface area (Å²) in [6.45, 7) is 4.61. The zero-order valence-corrected chi connectivity index (χ0v) is 9.04. The highest BCUT2D eigenvalue weighted by Crippen LogP contribution is 2.21. The average molecular weight is 210 g/mol. The summed E-state index contributed by atoms with van der Waals surface area (Å²) in [6, 6.07) is 7.59. The van der Waals surface area contributed by atoms with E-state index < -0.39 is 0 Å². The Morgan fingerprint density at radius 2 is 2.07 bits per heavy atom. The van der Waals surface area contributed by atoms with E-state index in [1.165, 1.54) is 0 Å². The second-order valence-corrected chi connectivity index (χ2v) is 4.45. The zero-order chi connectivity index (χ0) is 10.2. The third kappa shape index (κ3) is 1.95. The van der Waals surface area contributed by atoms with Gasteiger partial charge in [-0.05, 0) is 19.9 Å². The van der Waals surface area contributed by atoms with Gasteiger partial charge in [-0.2, -0.15) is 0 Å². The van der Waals surface area contributed by atoms with Crippen molar-refractivity contribution in [3.8, 4) is 0 Å². The molecule has 0 spiro atoms. The molecule has 0 unspecified atom stereocenters. The van der Waals surface area contributed by atoms with Crippen LogP contribution < -0.4 is 5.46 Å². The lowest BCUT2D eigenvalue weighted by Crippen LogP contribution is -2.35. The van der Waals surface area contributed by atoms with Crippen molar-refractivity contribution < 1.29 is 9.31 Å². The summed E-state index contributed by atoms with van der Waals surface area (Å²) in [5, 5.41) is 0.690. The Bertz CT molecular complexity index is 341. The minimum Gasteiger partial charge on any atom is -0.404 e. The molecule has 1 aromatic rings. The van der Waals surface area contributed by atoms with E-state index in [9.17, 15) is 0 Å². The van der Waals surface area contributed by atoms with Gasteiger partial charge in [0.25, 0.3) is 0 Å². The van der Waals surface area contributed by atoms with Crippen molar-refractivity contribution in [2.75, 3.05) is 6.61 Å². The van der Waals surface area contributed by atoms with Gasteiger partial charge in [-0.1, -0.05) is 29.8 Å². The molecule has 0 amide bonds. The van der Waals surface area contributed by atoms with E-state index in [-0.39, 0.29) is 12.7 Å². The third-order valence-corrected chi connectivity index (χ3v) is 2.51. The molecule has 1 saturated heterocycles. The maximum absolute atomic E-state index is 6.04. The van der Waals surface area contributed by atoms with E-state index in [1.807, 2.05) is 38.1 Å². The lowest BCUT2D eigenvalue weighted by atomic mass is 9.79. The van der Waals surface area contributed by atoms with Gasteiger partial charge in [0.15, 0.2) is 0 Å². The lowest BCUT2D eigenvalue weighted by Gasteiger charge is -2.15. The Kier molecular flexibility index (Phi) is 2.56. The monoisotopic (exact) mass is 210 g/mol. The topological polar surface area (TPSA) is 18.5 Å². The van der Waals surface area contributed by atoms with E-state index in [1.54, 1.807) is 0 Å². The van der Waals surface area contributed by atoms with Gasteiger partial charge < -0.3 is 9.31 Å². The number of halogens is 1. The standard InChI is InChI=1S/C10H12BClO2/c1-10(2)7-13-11(14-10)8-5-3-4-6-9(8)12/h3-6H,7H2,1-2H3. The van der Waals surface area contributed by atoms with Crippen molar-refractivity contribution in [3.63, 3.8) is 0 Å². The molecule has 0 saturated carbocycles. The van der Waals surface area contributed by atoms with Crippen LogP contribution in [0.3, 0.4) is 0 Å². The second kappa shape index (κ2) is 3.57. The summed E-state index contributed by atoms with van der Waals surface area (Å²) < 4.78 is 11.2. The third-order valence-electron chi connectivity index (χ3n) is 2.17. The molecule has 1 aromatic carbocycles. The maximum atomic E-state index is 6.04. The number of rotatable bonds is 1. The molecule has 1 aliphatic rings. The molecule has 74 valence electrons. The van der Waals surface area contributed by atoms with Crippen LogP contribution in [0.5, 0.6) is 0 Å². The van der Waals surface area contributed by atoms with Crippen molar-refractivity contribution >= 4 is 24.2 Å². The molecule has 1 heterocycles. The summed E-state index contributed by atoms with van der Waals surface area (Å²) in [7, 11) is -0.321. The van der Waals surface area contributed by atoms with Crippen LogP contribution in [0.25, 0.3) is 0 Å². The molecule has 14 heavy (non-hydrogen) atoms. The van der Waals surface area contributed by atoms with Crippen LogP contribution in [-0.2, 0) is 9.31 Å². The summed E-state index contributed by atoms with van der Waals surface area (Å²) in [4.78, 5) is 0. The van der Waals surface area contributed by atoms with Crippen LogP contribution in [0.15, 0.2) is 24.3 Å². The van der Waals surface area contributed by atoms with Crippen molar-refractivity contribution in [1.29, 1.82) is 0 Å². The van der Waals surface area contributed by atoms with Gasteiger partial charge in [0.2, 0.25) is 0 Å². The van der Waals surface area contributed by atoms with E-state index in [2.05, 4.69) is 0 Å². The Hall–Kier alpha value is -0.505. The van der Waals surface area contributed by atoms with Crippen LogP contribution in [0.4, 0.5) is 0 Å². The van der Waals surface area contributed by atoms with Gasteiger partial charge in [-0.25, -0.2) is 0 Å². The first-order valence-corrected chi connectivity index (χ1v) is 5.00. The van der Waals surface area contributed by atoms with Gasteiger partial charge in [-0.3, -0.25) is 0 Å². The Morgan fingerprint density at radius 3 is 2.64 bits per heavy atom. The van der Waals surface area contributed by atoms with E-state index in [0.29, 0.717) is 11.6 Å². The molecule has 4 heteroatoms. The molecule has 0 radical (unpaired) electrons. The minimum absolute atomic E-state index is 0.218. The molecule has 1 fully saturated rings. The summed E-state index contributed by atoms with van der Waals surface area (Å²) in [6.07, 6.45) is 0. The van der Waals surface area contributed by atoms with Gasteiger partial charge in [0.1, 0.15) is 0 Å². The van der Waals surface area contributed by atoms with Crippen molar-refractivity contribution in [1.82, 2.24) is 0 Å². The van der Waals surface area contributed by atoms with Crippen LogP contribution in [0, 0.1) is 0 Å². The lowest BCUT2D eigenvalue weighted by molar-refractivity contribution is 0.137. The van der Waals surface area contributed by atoms with E-state index in [4.69, 9.17) is 20.9 Å². The van der Waals surface area contributed by atoms with Crippen molar-refractivity contribution in [2.24, 2.45) is 0 Å². The maximum Gasteiger partial charge on any atom is 0.495 e. The van der Waals surface area contributed by atoms with Gasteiger partial charge >= 0.3 is 7.12 Å². The molecule has 0 N–H and O–H groups in total. The highest BCUT2D eigenvalue weighted by molar-refractivity contribution is 6.65. The fraction of sp³-hybridized carbons (Fsp3) is 0.400. The molecule has 0 bridgehead atoms. The largest absolute Gasteiger partial charge is 0.495 e. The highest BCUT2D eigenvalue weighted by Gasteiger charge is 2.38. The molecule has 0 aromatic heterocycles.